The number of benzene rings is 2. The van der Waals surface area contributed by atoms with Crippen molar-refractivity contribution in [3.63, 3.8) is 0 Å². The van der Waals surface area contributed by atoms with Crippen molar-refractivity contribution in [3.8, 4) is 22.6 Å². The molecule has 2 aromatic carbocycles. The number of rotatable bonds is 9. The fourth-order valence-electron chi connectivity index (χ4n) is 4.31. The highest BCUT2D eigenvalue weighted by Crippen LogP contribution is 2.59. The first kappa shape index (κ1) is 25.7. The zero-order chi connectivity index (χ0) is 25.0. The Morgan fingerprint density at radius 2 is 2.09 bits per heavy atom. The highest BCUT2D eigenvalue weighted by atomic mass is 32.1. The summed E-state index contributed by atoms with van der Waals surface area (Å²) in [5, 5.41) is 13.2. The van der Waals surface area contributed by atoms with E-state index in [2.05, 4.69) is 13.5 Å². The normalized spacial score (nSPS) is 20.0. The average Bonchev–Trinajstić information content (AvgIpc) is 3.34. The number of allylic oxidation sites excluding steroid dienone is 1. The second kappa shape index (κ2) is 11.1. The number of thiophene rings is 1. The molecule has 1 fully saturated rings. The molecule has 2 unspecified atom stereocenters. The molecule has 2 atom stereocenters. The molecule has 7 heteroatoms. The van der Waals surface area contributed by atoms with E-state index in [4.69, 9.17) is 13.6 Å². The van der Waals surface area contributed by atoms with Crippen LogP contribution in [0.4, 0.5) is 0 Å². The third-order valence-electron chi connectivity index (χ3n) is 6.07. The van der Waals surface area contributed by atoms with Crippen molar-refractivity contribution < 1.29 is 23.2 Å². The maximum absolute atomic E-state index is 13.7. The Labute approximate surface area is 212 Å². The van der Waals surface area contributed by atoms with E-state index in [1.165, 1.54) is 0 Å². The summed E-state index contributed by atoms with van der Waals surface area (Å²) in [6.07, 6.45) is 4.19. The van der Waals surface area contributed by atoms with Gasteiger partial charge in [-0.1, -0.05) is 61.7 Å². The van der Waals surface area contributed by atoms with Gasteiger partial charge in [0.05, 0.1) is 12.2 Å². The molecule has 35 heavy (non-hydrogen) atoms. The van der Waals surface area contributed by atoms with Crippen LogP contribution >= 0.6 is 19.2 Å². The molecule has 0 amide bonds. The number of aryl methyl sites for hydroxylation is 2. The van der Waals surface area contributed by atoms with Crippen molar-refractivity contribution >= 4 is 24.7 Å². The molecule has 2 heterocycles. The Bertz CT molecular complexity index is 1230. The zero-order valence-electron chi connectivity index (χ0n) is 20.6. The molecular formula is C28H33O5PS. The van der Waals surface area contributed by atoms with Crippen LogP contribution in [0, 0.1) is 6.92 Å². The Hall–Kier alpha value is -2.37. The number of hydrogen-bond donors (Lipinski definition) is 1. The lowest BCUT2D eigenvalue weighted by Crippen LogP contribution is -2.16. The lowest BCUT2D eigenvalue weighted by atomic mass is 9.91. The summed E-state index contributed by atoms with van der Waals surface area (Å²) in [6, 6.07) is 13.5. The Balaban J connectivity index is 1.77. The standard InChI is InChI=1S/C28H33O5PS/c1-5-6-7-9-21-17-24(29)28(23-16-20(4)11-12-22(23)19(2)3)26(18-21)33-34(30)31-14-13-25(32-34)27-10-8-15-35-27/h8,10-12,15-18,25,29H,2,5-7,9,13-14H2,1,3-4H3. The van der Waals surface area contributed by atoms with E-state index in [1.807, 2.05) is 55.6 Å². The lowest BCUT2D eigenvalue weighted by molar-refractivity contribution is 0.0528. The summed E-state index contributed by atoms with van der Waals surface area (Å²) in [5.41, 5.74) is 4.91. The van der Waals surface area contributed by atoms with Gasteiger partial charge in [0.2, 0.25) is 0 Å². The van der Waals surface area contributed by atoms with Crippen LogP contribution in [0.1, 0.15) is 67.2 Å². The van der Waals surface area contributed by atoms with Crippen molar-refractivity contribution in [1.82, 2.24) is 0 Å². The summed E-state index contributed by atoms with van der Waals surface area (Å²) < 4.78 is 31.3. The molecule has 0 bridgehead atoms. The highest BCUT2D eigenvalue weighted by molar-refractivity contribution is 7.49. The molecular weight excluding hydrogens is 479 g/mol. The molecule has 0 saturated carbocycles. The van der Waals surface area contributed by atoms with Crippen molar-refractivity contribution in [2.75, 3.05) is 6.61 Å². The minimum atomic E-state index is -3.93. The quantitative estimate of drug-likeness (QED) is 0.229. The van der Waals surface area contributed by atoms with E-state index in [-0.39, 0.29) is 18.5 Å². The molecule has 1 N–H and O–H groups in total. The predicted octanol–water partition coefficient (Wildman–Crippen LogP) is 8.86. The van der Waals surface area contributed by atoms with Gasteiger partial charge in [-0.05, 0) is 67.0 Å². The number of phosphoric ester groups is 1. The molecule has 4 rings (SSSR count). The second-order valence-corrected chi connectivity index (χ2v) is 11.6. The molecule has 186 valence electrons. The summed E-state index contributed by atoms with van der Waals surface area (Å²) in [5.74, 6) is 0.361. The number of phenols is 1. The Morgan fingerprint density at radius 1 is 1.26 bits per heavy atom. The molecule has 1 aliphatic rings. The Kier molecular flexibility index (Phi) is 8.18. The SMILES string of the molecule is C=C(C)c1ccc(C)cc1-c1c(O)cc(CCCCC)cc1OP1(=O)OCCC(c2cccs2)O1. The fourth-order valence-corrected chi connectivity index (χ4v) is 6.57. The molecule has 1 aliphatic heterocycles. The molecule has 1 saturated heterocycles. The average molecular weight is 513 g/mol. The fraction of sp³-hybridized carbons (Fsp3) is 0.357. The number of phenolic OH excluding ortho intramolecular Hbond substituents is 1. The monoisotopic (exact) mass is 512 g/mol. The first-order valence-corrected chi connectivity index (χ1v) is 14.4. The van der Waals surface area contributed by atoms with E-state index in [0.717, 1.165) is 58.4 Å². The van der Waals surface area contributed by atoms with Gasteiger partial charge in [0.15, 0.2) is 0 Å². The smallest absolute Gasteiger partial charge is 0.507 e. The van der Waals surface area contributed by atoms with Gasteiger partial charge in [-0.25, -0.2) is 4.57 Å². The largest absolute Gasteiger partial charge is 0.530 e. The minimum Gasteiger partial charge on any atom is -0.507 e. The number of aromatic hydroxyl groups is 1. The molecule has 5 nitrogen and oxygen atoms in total. The minimum absolute atomic E-state index is 0.0699. The van der Waals surface area contributed by atoms with E-state index in [0.29, 0.717) is 17.7 Å². The van der Waals surface area contributed by atoms with Crippen molar-refractivity contribution in [2.45, 2.75) is 59.0 Å². The Morgan fingerprint density at radius 3 is 2.80 bits per heavy atom. The third-order valence-corrected chi connectivity index (χ3v) is 8.47. The van der Waals surface area contributed by atoms with Gasteiger partial charge < -0.3 is 9.63 Å². The van der Waals surface area contributed by atoms with Crippen LogP contribution < -0.4 is 4.52 Å². The third kappa shape index (κ3) is 6.07. The first-order chi connectivity index (χ1) is 16.8. The maximum Gasteiger partial charge on any atom is 0.530 e. The van der Waals surface area contributed by atoms with Crippen LogP contribution in [0.25, 0.3) is 16.7 Å². The van der Waals surface area contributed by atoms with Crippen LogP contribution in [-0.2, 0) is 20.0 Å². The van der Waals surface area contributed by atoms with Crippen molar-refractivity contribution in [1.29, 1.82) is 0 Å². The van der Waals surface area contributed by atoms with Gasteiger partial charge in [-0.2, -0.15) is 0 Å². The van der Waals surface area contributed by atoms with E-state index in [9.17, 15) is 9.67 Å². The molecule has 0 spiro atoms. The molecule has 3 aromatic rings. The summed E-state index contributed by atoms with van der Waals surface area (Å²) in [4.78, 5) is 0.983. The maximum atomic E-state index is 13.7. The summed E-state index contributed by atoms with van der Waals surface area (Å²) in [7, 11) is -3.93. The van der Waals surface area contributed by atoms with E-state index >= 15 is 0 Å². The topological polar surface area (TPSA) is 65.0 Å². The van der Waals surface area contributed by atoms with E-state index in [1.54, 1.807) is 17.4 Å². The highest BCUT2D eigenvalue weighted by Gasteiger charge is 2.39. The van der Waals surface area contributed by atoms with Crippen molar-refractivity contribution in [3.05, 3.63) is 76.0 Å². The second-order valence-electron chi connectivity index (χ2n) is 9.04. The van der Waals surface area contributed by atoms with Crippen LogP contribution in [0.15, 0.2) is 54.4 Å². The van der Waals surface area contributed by atoms with Gasteiger partial charge in [0.1, 0.15) is 17.6 Å². The molecule has 0 radical (unpaired) electrons. The van der Waals surface area contributed by atoms with Crippen LogP contribution in [0.2, 0.25) is 0 Å². The van der Waals surface area contributed by atoms with Crippen LogP contribution in [0.3, 0.4) is 0 Å². The number of unbranched alkanes of at least 4 members (excludes halogenated alkanes) is 2. The van der Waals surface area contributed by atoms with Crippen molar-refractivity contribution in [2.24, 2.45) is 0 Å². The molecule has 0 aliphatic carbocycles. The summed E-state index contributed by atoms with van der Waals surface area (Å²) in [6.45, 7) is 10.4. The van der Waals surface area contributed by atoms with Crippen LogP contribution in [-0.4, -0.2) is 11.7 Å². The van der Waals surface area contributed by atoms with Gasteiger partial charge in [-0.15, -0.1) is 11.3 Å². The predicted molar refractivity (Wildman–Crippen MR) is 143 cm³/mol. The zero-order valence-corrected chi connectivity index (χ0v) is 22.3. The number of phosphoric acid groups is 1. The number of hydrogen-bond acceptors (Lipinski definition) is 6. The van der Waals surface area contributed by atoms with Gasteiger partial charge in [0, 0.05) is 11.3 Å². The molecule has 1 aromatic heterocycles. The first-order valence-electron chi connectivity index (χ1n) is 12.1. The van der Waals surface area contributed by atoms with E-state index < -0.39 is 7.82 Å². The summed E-state index contributed by atoms with van der Waals surface area (Å²) >= 11 is 1.55. The van der Waals surface area contributed by atoms with Gasteiger partial charge in [-0.3, -0.25) is 9.05 Å². The van der Waals surface area contributed by atoms with Gasteiger partial charge in [0.25, 0.3) is 0 Å². The van der Waals surface area contributed by atoms with Gasteiger partial charge >= 0.3 is 7.82 Å². The van der Waals surface area contributed by atoms with Crippen LogP contribution in [0.5, 0.6) is 11.5 Å². The lowest BCUT2D eigenvalue weighted by Gasteiger charge is -2.29.